The van der Waals surface area contributed by atoms with Gasteiger partial charge in [0.15, 0.2) is 5.96 Å². The fourth-order valence-corrected chi connectivity index (χ4v) is 3.72. The molecule has 1 fully saturated rings. The van der Waals surface area contributed by atoms with E-state index in [0.717, 1.165) is 38.6 Å². The van der Waals surface area contributed by atoms with Gasteiger partial charge in [0.25, 0.3) is 0 Å². The number of rotatable bonds is 10. The van der Waals surface area contributed by atoms with Crippen LogP contribution < -0.4 is 15.5 Å². The first kappa shape index (κ1) is 23.1. The van der Waals surface area contributed by atoms with Crippen LogP contribution >= 0.6 is 0 Å². The molecule has 0 spiro atoms. The van der Waals surface area contributed by atoms with Crippen molar-refractivity contribution in [1.29, 1.82) is 0 Å². The Balaban J connectivity index is 1.43. The van der Waals surface area contributed by atoms with Gasteiger partial charge in [-0.05, 0) is 43.5 Å². The van der Waals surface area contributed by atoms with E-state index in [1.807, 2.05) is 14.0 Å². The zero-order valence-electron chi connectivity index (χ0n) is 19.1. The summed E-state index contributed by atoms with van der Waals surface area (Å²) in [6.45, 7) is 9.47. The third kappa shape index (κ3) is 7.56. The van der Waals surface area contributed by atoms with Gasteiger partial charge >= 0.3 is 0 Å². The predicted octanol–water partition coefficient (Wildman–Crippen LogP) is 3.49. The Kier molecular flexibility index (Phi) is 9.18. The van der Waals surface area contributed by atoms with E-state index in [0.29, 0.717) is 25.9 Å². The SMILES string of the molecule is CCOCCOCc1cccc(CNC(=NC)NC2CCN(c3ccc(C)cc3)C2)c1. The summed E-state index contributed by atoms with van der Waals surface area (Å²) in [7, 11) is 1.82. The van der Waals surface area contributed by atoms with Crippen LogP contribution in [-0.2, 0) is 22.6 Å². The Morgan fingerprint density at radius 3 is 2.65 bits per heavy atom. The molecular weight excluding hydrogens is 388 g/mol. The molecule has 1 atom stereocenters. The summed E-state index contributed by atoms with van der Waals surface area (Å²) in [5, 5.41) is 7.02. The average molecular weight is 425 g/mol. The molecule has 0 bridgehead atoms. The number of anilines is 1. The zero-order chi connectivity index (χ0) is 21.9. The van der Waals surface area contributed by atoms with Crippen LogP contribution in [0.4, 0.5) is 5.69 Å². The number of nitrogens with zero attached hydrogens (tertiary/aromatic N) is 2. The lowest BCUT2D eigenvalue weighted by Gasteiger charge is -2.20. The van der Waals surface area contributed by atoms with Gasteiger partial charge in [0.05, 0.1) is 19.8 Å². The van der Waals surface area contributed by atoms with Crippen molar-refractivity contribution in [2.24, 2.45) is 4.99 Å². The van der Waals surface area contributed by atoms with Crippen LogP contribution in [0.15, 0.2) is 53.5 Å². The molecule has 0 aliphatic carbocycles. The minimum atomic E-state index is 0.387. The topological polar surface area (TPSA) is 58.1 Å². The maximum absolute atomic E-state index is 5.68. The zero-order valence-corrected chi connectivity index (χ0v) is 19.1. The Morgan fingerprint density at radius 1 is 1.10 bits per heavy atom. The Morgan fingerprint density at radius 2 is 1.87 bits per heavy atom. The number of guanidine groups is 1. The second-order valence-corrected chi connectivity index (χ2v) is 7.91. The molecule has 6 nitrogen and oxygen atoms in total. The quantitative estimate of drug-likeness (QED) is 0.347. The molecule has 2 aromatic rings. The molecule has 1 aliphatic rings. The van der Waals surface area contributed by atoms with Gasteiger partial charge < -0.3 is 25.0 Å². The van der Waals surface area contributed by atoms with Crippen molar-refractivity contribution >= 4 is 11.6 Å². The van der Waals surface area contributed by atoms with E-state index >= 15 is 0 Å². The molecule has 1 saturated heterocycles. The Labute approximate surface area is 186 Å². The number of benzene rings is 2. The van der Waals surface area contributed by atoms with E-state index in [4.69, 9.17) is 9.47 Å². The van der Waals surface area contributed by atoms with Crippen LogP contribution in [-0.4, -0.2) is 52.0 Å². The summed E-state index contributed by atoms with van der Waals surface area (Å²) in [6.07, 6.45) is 1.10. The van der Waals surface area contributed by atoms with Crippen LogP contribution in [0.5, 0.6) is 0 Å². The third-order valence-electron chi connectivity index (χ3n) is 5.45. The molecule has 31 heavy (non-hydrogen) atoms. The maximum Gasteiger partial charge on any atom is 0.191 e. The van der Waals surface area contributed by atoms with Gasteiger partial charge in [0.1, 0.15) is 0 Å². The lowest BCUT2D eigenvalue weighted by atomic mass is 10.1. The molecule has 0 aromatic heterocycles. The number of hydrogen-bond donors (Lipinski definition) is 2. The Bertz CT molecular complexity index is 823. The highest BCUT2D eigenvalue weighted by atomic mass is 16.5. The van der Waals surface area contributed by atoms with Gasteiger partial charge in [-0.3, -0.25) is 4.99 Å². The molecule has 1 unspecified atom stereocenters. The lowest BCUT2D eigenvalue weighted by Crippen LogP contribution is -2.44. The highest BCUT2D eigenvalue weighted by Crippen LogP contribution is 2.20. The van der Waals surface area contributed by atoms with Crippen LogP contribution in [0.1, 0.15) is 30.0 Å². The summed E-state index contributed by atoms with van der Waals surface area (Å²) in [5.41, 5.74) is 4.96. The number of ether oxygens (including phenoxy) is 2. The summed E-state index contributed by atoms with van der Waals surface area (Å²) < 4.78 is 11.0. The van der Waals surface area contributed by atoms with Crippen molar-refractivity contribution < 1.29 is 9.47 Å². The molecule has 2 N–H and O–H groups in total. The number of hydrogen-bond acceptors (Lipinski definition) is 4. The standard InChI is InChI=1S/C25H36N4O2/c1-4-30-14-15-31-19-22-7-5-6-21(16-22)17-27-25(26-3)28-23-12-13-29(18-23)24-10-8-20(2)9-11-24/h5-11,16,23H,4,12-15,17-19H2,1-3H3,(H2,26,27,28). The summed E-state index contributed by atoms with van der Waals surface area (Å²) in [4.78, 5) is 6.84. The van der Waals surface area contributed by atoms with E-state index in [1.165, 1.54) is 22.4 Å². The molecule has 0 amide bonds. The van der Waals surface area contributed by atoms with Gasteiger partial charge in [-0.2, -0.15) is 0 Å². The van der Waals surface area contributed by atoms with Crippen LogP contribution in [0, 0.1) is 6.92 Å². The van der Waals surface area contributed by atoms with Crippen molar-refractivity contribution in [1.82, 2.24) is 10.6 Å². The molecule has 2 aromatic carbocycles. The van der Waals surface area contributed by atoms with Crippen molar-refractivity contribution in [2.45, 2.75) is 39.5 Å². The highest BCUT2D eigenvalue weighted by molar-refractivity contribution is 5.80. The fourth-order valence-electron chi connectivity index (χ4n) is 3.72. The van der Waals surface area contributed by atoms with Gasteiger partial charge in [0.2, 0.25) is 0 Å². The van der Waals surface area contributed by atoms with Gasteiger partial charge in [-0.15, -0.1) is 0 Å². The van der Waals surface area contributed by atoms with E-state index < -0.39 is 0 Å². The molecule has 6 heteroatoms. The fraction of sp³-hybridized carbons (Fsp3) is 0.480. The minimum Gasteiger partial charge on any atom is -0.379 e. The van der Waals surface area contributed by atoms with Crippen LogP contribution in [0.3, 0.4) is 0 Å². The van der Waals surface area contributed by atoms with Crippen LogP contribution in [0.25, 0.3) is 0 Å². The molecule has 168 valence electrons. The summed E-state index contributed by atoms with van der Waals surface area (Å²) >= 11 is 0. The van der Waals surface area contributed by atoms with Crippen molar-refractivity contribution in [3.05, 3.63) is 65.2 Å². The Hall–Kier alpha value is -2.57. The lowest BCUT2D eigenvalue weighted by molar-refractivity contribution is 0.0453. The molecule has 3 rings (SSSR count). The largest absolute Gasteiger partial charge is 0.379 e. The van der Waals surface area contributed by atoms with E-state index in [-0.39, 0.29) is 0 Å². The predicted molar refractivity (Wildman–Crippen MR) is 128 cm³/mol. The minimum absolute atomic E-state index is 0.387. The second kappa shape index (κ2) is 12.3. The summed E-state index contributed by atoms with van der Waals surface area (Å²) in [6, 6.07) is 17.6. The van der Waals surface area contributed by atoms with Gasteiger partial charge in [0, 0.05) is 45.0 Å². The van der Waals surface area contributed by atoms with Crippen molar-refractivity contribution in [2.75, 3.05) is 44.9 Å². The smallest absolute Gasteiger partial charge is 0.191 e. The van der Waals surface area contributed by atoms with E-state index in [1.54, 1.807) is 0 Å². The normalized spacial score (nSPS) is 16.5. The molecular formula is C25H36N4O2. The summed E-state index contributed by atoms with van der Waals surface area (Å²) in [5.74, 6) is 0.842. The molecule has 0 radical (unpaired) electrons. The van der Waals surface area contributed by atoms with Gasteiger partial charge in [-0.25, -0.2) is 0 Å². The maximum atomic E-state index is 5.68. The van der Waals surface area contributed by atoms with E-state index in [2.05, 4.69) is 76.0 Å². The third-order valence-corrected chi connectivity index (χ3v) is 5.45. The number of nitrogens with one attached hydrogen (secondary N) is 2. The molecule has 0 saturated carbocycles. The highest BCUT2D eigenvalue weighted by Gasteiger charge is 2.23. The van der Waals surface area contributed by atoms with Crippen molar-refractivity contribution in [3.8, 4) is 0 Å². The monoisotopic (exact) mass is 424 g/mol. The second-order valence-electron chi connectivity index (χ2n) is 7.91. The number of aliphatic imine (C=N–C) groups is 1. The molecule has 1 heterocycles. The van der Waals surface area contributed by atoms with Crippen LogP contribution in [0.2, 0.25) is 0 Å². The van der Waals surface area contributed by atoms with Gasteiger partial charge in [-0.1, -0.05) is 42.0 Å². The first-order chi connectivity index (χ1) is 15.2. The average Bonchev–Trinajstić information content (AvgIpc) is 3.26. The van der Waals surface area contributed by atoms with E-state index in [9.17, 15) is 0 Å². The first-order valence-corrected chi connectivity index (χ1v) is 11.2. The number of aryl methyl sites for hydroxylation is 1. The first-order valence-electron chi connectivity index (χ1n) is 11.2. The molecule has 1 aliphatic heterocycles. The van der Waals surface area contributed by atoms with Crippen molar-refractivity contribution in [3.63, 3.8) is 0 Å².